The van der Waals surface area contributed by atoms with E-state index in [0.29, 0.717) is 11.8 Å². The molecule has 4 unspecified atom stereocenters. The van der Waals surface area contributed by atoms with Gasteiger partial charge in [0.05, 0.1) is 22.1 Å². The number of anilines is 3. The summed E-state index contributed by atoms with van der Waals surface area (Å²) in [6.07, 6.45) is 22.5. The second-order valence-electron chi connectivity index (χ2n) is 19.0. The fourth-order valence-corrected chi connectivity index (χ4v) is 11.7. The number of allylic oxidation sites excluding steroid dienone is 12. The van der Waals surface area contributed by atoms with Crippen LogP contribution in [0.5, 0.6) is 0 Å². The van der Waals surface area contributed by atoms with Crippen molar-refractivity contribution in [3.05, 3.63) is 283 Å². The van der Waals surface area contributed by atoms with E-state index in [1.54, 1.807) is 0 Å². The van der Waals surface area contributed by atoms with Crippen molar-refractivity contribution in [2.24, 2.45) is 17.8 Å². The van der Waals surface area contributed by atoms with Crippen LogP contribution in [0.3, 0.4) is 0 Å². The van der Waals surface area contributed by atoms with Gasteiger partial charge in [-0.05, 0) is 123 Å². The summed E-state index contributed by atoms with van der Waals surface area (Å²) in [5, 5.41) is 2.50. The van der Waals surface area contributed by atoms with Gasteiger partial charge in [-0.3, -0.25) is 0 Å². The van der Waals surface area contributed by atoms with E-state index in [-0.39, 0.29) is 5.92 Å². The molecule has 4 atom stereocenters. The zero-order valence-corrected chi connectivity index (χ0v) is 39.4. The minimum atomic E-state index is -0.416. The fourth-order valence-electron chi connectivity index (χ4n) is 11.7. The molecule has 1 aromatic heterocycles. The number of nitrogens with zero attached hydrogens (tertiary/aromatic N) is 2. The molecule has 0 bridgehead atoms. The van der Waals surface area contributed by atoms with Crippen LogP contribution < -0.4 is 4.90 Å². The highest BCUT2D eigenvalue weighted by Crippen LogP contribution is 2.61. The lowest BCUT2D eigenvalue weighted by atomic mass is 9.60. The molecule has 0 radical (unpaired) electrons. The first-order valence-electron chi connectivity index (χ1n) is 24.5. The van der Waals surface area contributed by atoms with Crippen LogP contribution in [0.15, 0.2) is 260 Å². The zero-order valence-electron chi connectivity index (χ0n) is 39.4. The SMILES string of the molecule is C/C(=C\C=C1\C=CC=CC1C)c1cccc(-c2ccc(N(c3cccc(-n4c5ccccc5c5ccccc54)c3)c3cccc4c3-c3ccccc3C4(c3ccccc3)C3C=CC=CC3C)cc2)c1. The number of fused-ring (bicyclic) bond motifs is 6. The predicted molar refractivity (Wildman–Crippen MR) is 293 cm³/mol. The van der Waals surface area contributed by atoms with E-state index in [1.165, 1.54) is 77.5 Å². The number of benzene rings is 8. The van der Waals surface area contributed by atoms with E-state index < -0.39 is 5.41 Å². The van der Waals surface area contributed by atoms with Crippen LogP contribution in [0.2, 0.25) is 0 Å². The van der Waals surface area contributed by atoms with Crippen molar-refractivity contribution >= 4 is 44.4 Å². The van der Waals surface area contributed by atoms with Crippen molar-refractivity contribution in [3.8, 4) is 27.9 Å². The van der Waals surface area contributed by atoms with Crippen molar-refractivity contribution in [2.45, 2.75) is 26.2 Å². The summed E-state index contributed by atoms with van der Waals surface area (Å²) in [6.45, 7) is 6.84. The van der Waals surface area contributed by atoms with Gasteiger partial charge in [0.15, 0.2) is 0 Å². The highest BCUT2D eigenvalue weighted by molar-refractivity contribution is 6.09. The van der Waals surface area contributed by atoms with Gasteiger partial charge in [-0.25, -0.2) is 0 Å². The second kappa shape index (κ2) is 17.5. The molecular weight excluding hydrogens is 833 g/mol. The van der Waals surface area contributed by atoms with Crippen LogP contribution in [-0.2, 0) is 5.41 Å². The summed E-state index contributed by atoms with van der Waals surface area (Å²) < 4.78 is 2.42. The molecule has 69 heavy (non-hydrogen) atoms. The number of aromatic nitrogens is 1. The lowest BCUT2D eigenvalue weighted by Gasteiger charge is -2.42. The first kappa shape index (κ1) is 42.2. The second-order valence-corrected chi connectivity index (χ2v) is 19.0. The maximum absolute atomic E-state index is 2.50. The third-order valence-electron chi connectivity index (χ3n) is 15.0. The molecule has 9 aromatic rings. The van der Waals surface area contributed by atoms with Crippen molar-refractivity contribution in [3.63, 3.8) is 0 Å². The Morgan fingerprint density at radius 2 is 1.23 bits per heavy atom. The summed E-state index contributed by atoms with van der Waals surface area (Å²) in [5.41, 5.74) is 19.2. The third-order valence-corrected chi connectivity index (χ3v) is 15.0. The van der Waals surface area contributed by atoms with Gasteiger partial charge >= 0.3 is 0 Å². The summed E-state index contributed by atoms with van der Waals surface area (Å²) in [6, 6.07) is 72.4. The minimum absolute atomic E-state index is 0.199. The average molecular weight is 887 g/mol. The van der Waals surface area contributed by atoms with E-state index in [1.807, 2.05) is 0 Å². The highest BCUT2D eigenvalue weighted by atomic mass is 15.1. The molecule has 2 heteroatoms. The summed E-state index contributed by atoms with van der Waals surface area (Å²) in [5.74, 6) is 0.923. The van der Waals surface area contributed by atoms with Gasteiger partial charge in [-0.2, -0.15) is 0 Å². The van der Waals surface area contributed by atoms with Crippen molar-refractivity contribution in [1.82, 2.24) is 4.57 Å². The molecular formula is C67H54N2. The van der Waals surface area contributed by atoms with Gasteiger partial charge in [-0.15, -0.1) is 0 Å². The fraction of sp³-hybridized carbons (Fsp3) is 0.104. The summed E-state index contributed by atoms with van der Waals surface area (Å²) in [4.78, 5) is 2.50. The van der Waals surface area contributed by atoms with Gasteiger partial charge < -0.3 is 9.47 Å². The minimum Gasteiger partial charge on any atom is -0.310 e. The molecule has 0 spiro atoms. The molecule has 0 N–H and O–H groups in total. The Bertz CT molecular complexity index is 3560. The normalized spacial score (nSPS) is 19.9. The van der Waals surface area contributed by atoms with Crippen LogP contribution in [0.25, 0.3) is 55.3 Å². The van der Waals surface area contributed by atoms with Gasteiger partial charge in [0.25, 0.3) is 0 Å². The van der Waals surface area contributed by atoms with Gasteiger partial charge in [0, 0.05) is 39.3 Å². The van der Waals surface area contributed by atoms with Crippen molar-refractivity contribution < 1.29 is 0 Å². The molecule has 3 aliphatic carbocycles. The van der Waals surface area contributed by atoms with Gasteiger partial charge in [0.2, 0.25) is 0 Å². The monoisotopic (exact) mass is 886 g/mol. The summed E-state index contributed by atoms with van der Waals surface area (Å²) in [7, 11) is 0. The Morgan fingerprint density at radius 3 is 2.01 bits per heavy atom. The Labute approximate surface area is 406 Å². The molecule has 1 heterocycles. The topological polar surface area (TPSA) is 8.17 Å². The Kier molecular flexibility index (Phi) is 10.7. The Morgan fingerprint density at radius 1 is 0.551 bits per heavy atom. The number of para-hydroxylation sites is 2. The Balaban J connectivity index is 1.04. The first-order chi connectivity index (χ1) is 34.0. The first-order valence-corrected chi connectivity index (χ1v) is 24.5. The number of hydrogen-bond acceptors (Lipinski definition) is 1. The van der Waals surface area contributed by atoms with E-state index in [0.717, 1.165) is 22.7 Å². The molecule has 0 fully saturated rings. The quantitative estimate of drug-likeness (QED) is 0.140. The molecule has 0 aliphatic heterocycles. The molecule has 332 valence electrons. The molecule has 0 saturated carbocycles. The standard InChI is InChI=1S/C67H54N2/c1-46-20-7-9-22-49(46)39-38-47(2)51-23-17-24-52(44-51)50-40-42-54(43-41-50)68(55-27-18-28-56(45-55)69-63-35-15-11-29-57(63)58-30-12-16-36-64(58)69)65-37-19-34-62-66(65)59-31-10-14-33-61(59)67(62,53-25-5-4-6-26-53)60-32-13-8-21-48(60)3/h4-46,48,60H,1-3H3/b47-38+,49-39-. The molecule has 8 aromatic carbocycles. The van der Waals surface area contributed by atoms with Crippen molar-refractivity contribution in [2.75, 3.05) is 4.90 Å². The number of hydrogen-bond donors (Lipinski definition) is 0. The van der Waals surface area contributed by atoms with Crippen LogP contribution in [0, 0.1) is 17.8 Å². The van der Waals surface area contributed by atoms with Crippen LogP contribution >= 0.6 is 0 Å². The molecule has 0 amide bonds. The van der Waals surface area contributed by atoms with Crippen molar-refractivity contribution in [1.29, 1.82) is 0 Å². The van der Waals surface area contributed by atoms with Gasteiger partial charge in [0.1, 0.15) is 0 Å². The van der Waals surface area contributed by atoms with Crippen LogP contribution in [0.4, 0.5) is 17.1 Å². The van der Waals surface area contributed by atoms with Crippen LogP contribution in [0.1, 0.15) is 43.0 Å². The third kappa shape index (κ3) is 7.10. The summed E-state index contributed by atoms with van der Waals surface area (Å²) >= 11 is 0. The van der Waals surface area contributed by atoms with E-state index in [4.69, 9.17) is 0 Å². The Hall–Kier alpha value is -8.20. The number of rotatable bonds is 9. The molecule has 2 nitrogen and oxygen atoms in total. The largest absolute Gasteiger partial charge is 0.310 e. The molecule has 3 aliphatic rings. The molecule has 0 saturated heterocycles. The predicted octanol–water partition coefficient (Wildman–Crippen LogP) is 17.7. The van der Waals surface area contributed by atoms with E-state index >= 15 is 0 Å². The zero-order chi connectivity index (χ0) is 46.5. The lowest BCUT2D eigenvalue weighted by Crippen LogP contribution is -2.38. The average Bonchev–Trinajstić information content (AvgIpc) is 3.90. The highest BCUT2D eigenvalue weighted by Gasteiger charge is 2.51. The molecule has 12 rings (SSSR count). The van der Waals surface area contributed by atoms with E-state index in [9.17, 15) is 0 Å². The smallest absolute Gasteiger partial charge is 0.0543 e. The maximum atomic E-state index is 2.50. The lowest BCUT2D eigenvalue weighted by molar-refractivity contribution is 0.374. The van der Waals surface area contributed by atoms with Gasteiger partial charge in [-0.1, -0.05) is 214 Å². The van der Waals surface area contributed by atoms with Crippen LogP contribution in [-0.4, -0.2) is 4.57 Å². The maximum Gasteiger partial charge on any atom is 0.0543 e. The van der Waals surface area contributed by atoms with E-state index in [2.05, 4.69) is 285 Å².